The van der Waals surface area contributed by atoms with Crippen LogP contribution in [0.1, 0.15) is 0 Å². The van der Waals surface area contributed by atoms with Gasteiger partial charge >= 0.3 is 0 Å². The molecule has 1 heterocycles. The third-order valence-corrected chi connectivity index (χ3v) is 0.919. The molecule has 4 nitrogen and oxygen atoms in total. The van der Waals surface area contributed by atoms with Crippen LogP contribution in [0.3, 0.4) is 0 Å². The van der Waals surface area contributed by atoms with Crippen LogP contribution >= 0.6 is 0 Å². The maximum atomic E-state index is 10.6. The van der Waals surface area contributed by atoms with Crippen LogP contribution in [-0.4, -0.2) is 14.9 Å². The summed E-state index contributed by atoms with van der Waals surface area (Å²) in [5.74, 6) is 0. The predicted molar refractivity (Wildman–Crippen MR) is 30.7 cm³/mol. The normalized spacial score (nSPS) is 9.44. The van der Waals surface area contributed by atoms with Crippen molar-refractivity contribution in [3.8, 4) is 0 Å². The molecule has 0 fully saturated rings. The molecular formula is C5H6N2O2. The molecule has 9 heavy (non-hydrogen) atoms. The minimum Gasteiger partial charge on any atom is -0.374 e. The molecule has 4 heteroatoms. The van der Waals surface area contributed by atoms with E-state index in [1.807, 2.05) is 0 Å². The molecular weight excluding hydrogens is 120 g/mol. The van der Waals surface area contributed by atoms with E-state index in [-0.39, 0.29) is 12.3 Å². The predicted octanol–water partition coefficient (Wildman–Crippen LogP) is -0.807. The quantitative estimate of drug-likeness (QED) is 0.535. The largest absolute Gasteiger partial charge is 0.374 e. The second-order valence-corrected chi connectivity index (χ2v) is 1.50. The van der Waals surface area contributed by atoms with Gasteiger partial charge in [-0.05, 0) is 6.07 Å². The fourth-order valence-corrected chi connectivity index (χ4v) is 0.493. The summed E-state index contributed by atoms with van der Waals surface area (Å²) in [5.41, 5.74) is -0.292. The number of hydrogen-bond acceptors (Lipinski definition) is 3. The van der Waals surface area contributed by atoms with Gasteiger partial charge in [0.05, 0.1) is 0 Å². The summed E-state index contributed by atoms with van der Waals surface area (Å²) in [6, 6.07) is 2.86. The van der Waals surface area contributed by atoms with Gasteiger partial charge in [0.25, 0.3) is 5.56 Å². The van der Waals surface area contributed by atoms with Crippen molar-refractivity contribution in [2.24, 2.45) is 0 Å². The molecule has 48 valence electrons. The van der Waals surface area contributed by atoms with Crippen LogP contribution in [0.15, 0.2) is 23.1 Å². The van der Waals surface area contributed by atoms with Crippen molar-refractivity contribution in [1.82, 2.24) is 9.78 Å². The highest BCUT2D eigenvalue weighted by molar-refractivity contribution is 4.83. The molecule has 0 unspecified atom stereocenters. The fourth-order valence-electron chi connectivity index (χ4n) is 0.493. The van der Waals surface area contributed by atoms with Gasteiger partial charge in [-0.3, -0.25) is 4.79 Å². The highest BCUT2D eigenvalue weighted by atomic mass is 16.3. The van der Waals surface area contributed by atoms with Crippen molar-refractivity contribution in [1.29, 1.82) is 0 Å². The minimum atomic E-state index is -0.361. The van der Waals surface area contributed by atoms with Crippen molar-refractivity contribution in [2.75, 3.05) is 0 Å². The average molecular weight is 126 g/mol. The van der Waals surface area contributed by atoms with Crippen molar-refractivity contribution in [3.05, 3.63) is 28.7 Å². The lowest BCUT2D eigenvalue weighted by Crippen LogP contribution is -2.20. The highest BCUT2D eigenvalue weighted by Crippen LogP contribution is 1.70. The first kappa shape index (κ1) is 5.97. The van der Waals surface area contributed by atoms with Crippen molar-refractivity contribution in [3.63, 3.8) is 0 Å². The summed E-state index contributed by atoms with van der Waals surface area (Å²) in [6.45, 7) is -0.361. The zero-order valence-electron chi connectivity index (χ0n) is 4.69. The van der Waals surface area contributed by atoms with E-state index in [2.05, 4.69) is 5.10 Å². The molecule has 1 N–H and O–H groups in total. The van der Waals surface area contributed by atoms with E-state index in [0.29, 0.717) is 0 Å². The molecule has 0 spiro atoms. The number of nitrogens with zero attached hydrogens (tertiary/aromatic N) is 2. The number of aliphatic hydroxyl groups is 1. The second kappa shape index (κ2) is 2.41. The van der Waals surface area contributed by atoms with Crippen LogP contribution in [0, 0.1) is 0 Å². The Hall–Kier alpha value is -1.16. The molecule has 1 aromatic heterocycles. The van der Waals surface area contributed by atoms with Gasteiger partial charge in [0.1, 0.15) is 6.73 Å². The van der Waals surface area contributed by atoms with E-state index >= 15 is 0 Å². The monoisotopic (exact) mass is 126 g/mol. The van der Waals surface area contributed by atoms with Crippen molar-refractivity contribution in [2.45, 2.75) is 6.73 Å². The van der Waals surface area contributed by atoms with Crippen LogP contribution in [-0.2, 0) is 6.73 Å². The molecule has 0 aliphatic heterocycles. The molecule has 0 saturated heterocycles. The SMILES string of the molecule is O=c1cccnn1CO. The van der Waals surface area contributed by atoms with E-state index in [4.69, 9.17) is 5.11 Å². The second-order valence-electron chi connectivity index (χ2n) is 1.50. The number of hydrogen-bond donors (Lipinski definition) is 1. The van der Waals surface area contributed by atoms with Gasteiger partial charge in [-0.1, -0.05) is 0 Å². The smallest absolute Gasteiger partial charge is 0.268 e. The summed E-state index contributed by atoms with van der Waals surface area (Å²) < 4.78 is 0.958. The summed E-state index contributed by atoms with van der Waals surface area (Å²) >= 11 is 0. The lowest BCUT2D eigenvalue weighted by Gasteiger charge is -1.93. The first-order valence-corrected chi connectivity index (χ1v) is 2.47. The van der Waals surface area contributed by atoms with Gasteiger partial charge < -0.3 is 5.11 Å². The van der Waals surface area contributed by atoms with Crippen LogP contribution in [0.2, 0.25) is 0 Å². The first-order valence-electron chi connectivity index (χ1n) is 2.47. The van der Waals surface area contributed by atoms with E-state index in [9.17, 15) is 4.79 Å². The lowest BCUT2D eigenvalue weighted by atomic mass is 10.6. The summed E-state index contributed by atoms with van der Waals surface area (Å²) in [7, 11) is 0. The average Bonchev–Trinajstić information content (AvgIpc) is 1.89. The van der Waals surface area contributed by atoms with Gasteiger partial charge in [-0.15, -0.1) is 0 Å². The van der Waals surface area contributed by atoms with Crippen LogP contribution < -0.4 is 5.56 Å². The maximum Gasteiger partial charge on any atom is 0.268 e. The number of aromatic nitrogens is 2. The Morgan fingerprint density at radius 3 is 3.00 bits per heavy atom. The maximum absolute atomic E-state index is 10.6. The summed E-state index contributed by atoms with van der Waals surface area (Å²) in [5, 5.41) is 12.0. The third-order valence-electron chi connectivity index (χ3n) is 0.919. The molecule has 0 aliphatic rings. The zero-order valence-corrected chi connectivity index (χ0v) is 4.69. The molecule has 1 aromatic rings. The molecule has 0 amide bonds. The molecule has 1 rings (SSSR count). The Morgan fingerprint density at radius 2 is 2.56 bits per heavy atom. The van der Waals surface area contributed by atoms with Gasteiger partial charge in [-0.25, -0.2) is 4.68 Å². The van der Waals surface area contributed by atoms with E-state index in [1.165, 1.54) is 18.3 Å². The minimum absolute atomic E-state index is 0.292. The molecule has 0 aromatic carbocycles. The van der Waals surface area contributed by atoms with Crippen molar-refractivity contribution >= 4 is 0 Å². The topological polar surface area (TPSA) is 55.1 Å². The lowest BCUT2D eigenvalue weighted by molar-refractivity contribution is 0.188. The summed E-state index contributed by atoms with van der Waals surface area (Å²) in [4.78, 5) is 10.6. The van der Waals surface area contributed by atoms with Gasteiger partial charge in [-0.2, -0.15) is 5.10 Å². The Morgan fingerprint density at radius 1 is 1.78 bits per heavy atom. The molecule has 0 saturated carbocycles. The Bertz CT molecular complexity index is 243. The van der Waals surface area contributed by atoms with Crippen LogP contribution in [0.25, 0.3) is 0 Å². The number of rotatable bonds is 1. The van der Waals surface area contributed by atoms with Crippen LogP contribution in [0.4, 0.5) is 0 Å². The first-order chi connectivity index (χ1) is 4.34. The van der Waals surface area contributed by atoms with E-state index in [0.717, 1.165) is 4.68 Å². The Labute approximate surface area is 51.4 Å². The molecule has 0 aliphatic carbocycles. The number of aliphatic hydroxyl groups excluding tert-OH is 1. The molecule has 0 atom stereocenters. The molecule has 0 bridgehead atoms. The standard InChI is InChI=1S/C5H6N2O2/c8-4-7-5(9)2-1-3-6-7/h1-3,8H,4H2. The van der Waals surface area contributed by atoms with E-state index in [1.54, 1.807) is 0 Å². The summed E-state index contributed by atoms with van der Waals surface area (Å²) in [6.07, 6.45) is 1.44. The van der Waals surface area contributed by atoms with Gasteiger partial charge in [0.15, 0.2) is 0 Å². The molecule has 0 radical (unpaired) electrons. The van der Waals surface area contributed by atoms with E-state index < -0.39 is 0 Å². The van der Waals surface area contributed by atoms with Crippen molar-refractivity contribution < 1.29 is 5.11 Å². The fraction of sp³-hybridized carbons (Fsp3) is 0.200. The Balaban J connectivity index is 3.16. The zero-order chi connectivity index (χ0) is 6.69. The van der Waals surface area contributed by atoms with Gasteiger partial charge in [0.2, 0.25) is 0 Å². The highest BCUT2D eigenvalue weighted by Gasteiger charge is 1.87. The van der Waals surface area contributed by atoms with Gasteiger partial charge in [0, 0.05) is 12.3 Å². The van der Waals surface area contributed by atoms with Crippen LogP contribution in [0.5, 0.6) is 0 Å². The third kappa shape index (κ3) is 1.14. The Kier molecular flexibility index (Phi) is 1.60.